The first-order chi connectivity index (χ1) is 7.83. The maximum Gasteiger partial charge on any atom is 0.145 e. The Morgan fingerprint density at radius 1 is 1.56 bits per heavy atom. The van der Waals surface area contributed by atoms with Crippen molar-refractivity contribution >= 4 is 29.2 Å². The van der Waals surface area contributed by atoms with Gasteiger partial charge in [0.2, 0.25) is 0 Å². The largest absolute Gasteiger partial charge is 0.296 e. The van der Waals surface area contributed by atoms with Gasteiger partial charge in [-0.3, -0.25) is 4.57 Å². The Labute approximate surface area is 105 Å². The highest BCUT2D eigenvalue weighted by molar-refractivity contribution is 8.22. The van der Waals surface area contributed by atoms with Crippen LogP contribution >= 0.6 is 23.5 Å². The Bertz CT molecular complexity index is 376. The molecule has 0 N–H and O–H groups in total. The minimum absolute atomic E-state index is 0.672. The number of imidazole rings is 1. The van der Waals surface area contributed by atoms with Crippen LogP contribution < -0.4 is 0 Å². The second kappa shape index (κ2) is 7.42. The Hall–Kier alpha value is -0.860. The molecule has 1 rings (SSSR count). The monoisotopic (exact) mass is 253 g/mol. The first-order valence-corrected chi connectivity index (χ1v) is 7.34. The highest BCUT2D eigenvalue weighted by atomic mass is 32.2. The van der Waals surface area contributed by atoms with Crippen LogP contribution in [0.4, 0.5) is 0 Å². The predicted octanol–water partition coefficient (Wildman–Crippen LogP) is 3.43. The number of allylic oxidation sites excluding steroid dienone is 1. The van der Waals surface area contributed by atoms with Gasteiger partial charge in [-0.1, -0.05) is 13.3 Å². The Balaban J connectivity index is 2.83. The lowest BCUT2D eigenvalue weighted by Crippen LogP contribution is -1.94. The molecule has 0 saturated heterocycles. The molecule has 16 heavy (non-hydrogen) atoms. The molecule has 0 atom stereocenters. The van der Waals surface area contributed by atoms with Crippen LogP contribution in [0.1, 0.15) is 19.8 Å². The number of hydrogen-bond donors (Lipinski definition) is 0. The third-order valence-corrected chi connectivity index (χ3v) is 4.34. The summed E-state index contributed by atoms with van der Waals surface area (Å²) in [7, 11) is 0. The zero-order valence-corrected chi connectivity index (χ0v) is 11.1. The van der Waals surface area contributed by atoms with Crippen molar-refractivity contribution < 1.29 is 0 Å². The minimum Gasteiger partial charge on any atom is -0.296 e. The van der Waals surface area contributed by atoms with E-state index in [1.165, 1.54) is 12.8 Å². The summed E-state index contributed by atoms with van der Waals surface area (Å²) in [6.45, 7) is 2.17. The van der Waals surface area contributed by atoms with Crippen molar-refractivity contribution in [1.29, 1.82) is 5.26 Å². The van der Waals surface area contributed by atoms with Crippen LogP contribution in [-0.4, -0.2) is 21.6 Å². The van der Waals surface area contributed by atoms with Gasteiger partial charge in [0.15, 0.2) is 0 Å². The van der Waals surface area contributed by atoms with E-state index in [0.717, 1.165) is 9.99 Å². The van der Waals surface area contributed by atoms with Crippen LogP contribution in [0.15, 0.2) is 23.0 Å². The van der Waals surface area contributed by atoms with Gasteiger partial charge in [0, 0.05) is 12.4 Å². The quantitative estimate of drug-likeness (QED) is 0.575. The maximum atomic E-state index is 9.17. The second-order valence-electron chi connectivity index (χ2n) is 3.12. The van der Waals surface area contributed by atoms with Gasteiger partial charge in [-0.05, 0) is 18.4 Å². The summed E-state index contributed by atoms with van der Waals surface area (Å²) in [5.74, 6) is 1.06. The molecule has 1 aromatic heterocycles. The molecule has 0 aliphatic heterocycles. The molecular weight excluding hydrogens is 238 g/mol. The van der Waals surface area contributed by atoms with E-state index in [1.54, 1.807) is 46.8 Å². The van der Waals surface area contributed by atoms with E-state index in [1.807, 2.05) is 6.26 Å². The molecule has 0 saturated carbocycles. The molecule has 0 aliphatic carbocycles. The molecule has 86 valence electrons. The molecule has 1 aromatic rings. The highest BCUT2D eigenvalue weighted by Crippen LogP contribution is 2.32. The van der Waals surface area contributed by atoms with Crippen molar-refractivity contribution in [2.45, 2.75) is 19.8 Å². The van der Waals surface area contributed by atoms with Crippen LogP contribution in [-0.2, 0) is 0 Å². The average Bonchev–Trinajstić information content (AvgIpc) is 2.82. The number of nitrogens with zero attached hydrogens (tertiary/aromatic N) is 3. The molecule has 3 nitrogen and oxygen atoms in total. The van der Waals surface area contributed by atoms with E-state index in [0.29, 0.717) is 5.70 Å². The van der Waals surface area contributed by atoms with Gasteiger partial charge in [0.25, 0.3) is 0 Å². The van der Waals surface area contributed by atoms with Crippen molar-refractivity contribution in [3.05, 3.63) is 23.0 Å². The lowest BCUT2D eigenvalue weighted by molar-refractivity contribution is 0.897. The first-order valence-electron chi connectivity index (χ1n) is 5.13. The summed E-state index contributed by atoms with van der Waals surface area (Å²) >= 11 is 3.37. The van der Waals surface area contributed by atoms with E-state index in [-0.39, 0.29) is 0 Å². The Morgan fingerprint density at radius 2 is 2.38 bits per heavy atom. The lowest BCUT2D eigenvalue weighted by Gasteiger charge is -2.07. The molecule has 5 heteroatoms. The minimum atomic E-state index is 0.672. The van der Waals surface area contributed by atoms with Gasteiger partial charge in [-0.25, -0.2) is 4.98 Å². The van der Waals surface area contributed by atoms with Crippen molar-refractivity contribution in [3.8, 4) is 6.07 Å². The third kappa shape index (κ3) is 3.62. The van der Waals surface area contributed by atoms with Crippen molar-refractivity contribution in [2.75, 3.05) is 12.0 Å². The van der Waals surface area contributed by atoms with Crippen LogP contribution in [0.25, 0.3) is 5.70 Å². The van der Waals surface area contributed by atoms with Gasteiger partial charge < -0.3 is 0 Å². The van der Waals surface area contributed by atoms with E-state index in [2.05, 4.69) is 18.0 Å². The summed E-state index contributed by atoms with van der Waals surface area (Å²) in [6, 6.07) is 2.24. The highest BCUT2D eigenvalue weighted by Gasteiger charge is 2.08. The third-order valence-electron chi connectivity index (χ3n) is 1.98. The maximum absolute atomic E-state index is 9.17. The van der Waals surface area contributed by atoms with E-state index < -0.39 is 0 Å². The zero-order chi connectivity index (χ0) is 11.8. The topological polar surface area (TPSA) is 41.6 Å². The summed E-state index contributed by atoms with van der Waals surface area (Å²) in [5, 5.41) is 9.17. The Kier molecular flexibility index (Phi) is 6.12. The molecule has 0 aromatic carbocycles. The van der Waals surface area contributed by atoms with Gasteiger partial charge >= 0.3 is 0 Å². The molecule has 1 heterocycles. The predicted molar refractivity (Wildman–Crippen MR) is 71.9 cm³/mol. The fourth-order valence-electron chi connectivity index (χ4n) is 1.13. The molecule has 0 amide bonds. The smallest absolute Gasteiger partial charge is 0.145 e. The van der Waals surface area contributed by atoms with Crippen LogP contribution in [0, 0.1) is 11.3 Å². The lowest BCUT2D eigenvalue weighted by atomic mass is 10.4. The van der Waals surface area contributed by atoms with Crippen LogP contribution in [0.5, 0.6) is 0 Å². The number of rotatable bonds is 6. The number of aromatic nitrogens is 2. The SMILES string of the molecule is CCCCS/C(SC)=C(\C#N)n1ccnc1. The van der Waals surface area contributed by atoms with E-state index in [4.69, 9.17) is 0 Å². The van der Waals surface area contributed by atoms with Crippen molar-refractivity contribution in [1.82, 2.24) is 9.55 Å². The van der Waals surface area contributed by atoms with E-state index in [9.17, 15) is 5.26 Å². The summed E-state index contributed by atoms with van der Waals surface area (Å²) in [4.78, 5) is 3.96. The number of unbranched alkanes of at least 4 members (excludes halogenated alkanes) is 1. The summed E-state index contributed by atoms with van der Waals surface area (Å²) < 4.78 is 2.83. The summed E-state index contributed by atoms with van der Waals surface area (Å²) in [6.07, 6.45) is 9.51. The Morgan fingerprint density at radius 3 is 2.88 bits per heavy atom. The number of hydrogen-bond acceptors (Lipinski definition) is 4. The van der Waals surface area contributed by atoms with E-state index >= 15 is 0 Å². The fourth-order valence-corrected chi connectivity index (χ4v) is 3.11. The van der Waals surface area contributed by atoms with Gasteiger partial charge in [0.05, 0.1) is 10.6 Å². The average molecular weight is 253 g/mol. The molecule has 0 spiro atoms. The van der Waals surface area contributed by atoms with Gasteiger partial charge in [0.1, 0.15) is 11.8 Å². The van der Waals surface area contributed by atoms with Crippen molar-refractivity contribution in [2.24, 2.45) is 0 Å². The second-order valence-corrected chi connectivity index (χ2v) is 5.30. The van der Waals surface area contributed by atoms with Crippen molar-refractivity contribution in [3.63, 3.8) is 0 Å². The summed E-state index contributed by atoms with van der Waals surface area (Å²) in [5.41, 5.74) is 0.672. The van der Waals surface area contributed by atoms with Crippen LogP contribution in [0.3, 0.4) is 0 Å². The molecule has 0 bridgehead atoms. The first kappa shape index (κ1) is 13.2. The molecule has 0 radical (unpaired) electrons. The normalized spacial score (nSPS) is 12.1. The zero-order valence-electron chi connectivity index (χ0n) is 9.51. The number of thioether (sulfide) groups is 2. The van der Waals surface area contributed by atoms with Crippen LogP contribution in [0.2, 0.25) is 0 Å². The molecule has 0 fully saturated rings. The van der Waals surface area contributed by atoms with Gasteiger partial charge in [-0.15, -0.1) is 23.5 Å². The number of nitriles is 1. The molecule has 0 aliphatic rings. The van der Waals surface area contributed by atoms with Gasteiger partial charge in [-0.2, -0.15) is 5.26 Å². The standard InChI is InChI=1S/C11H15N3S2/c1-3-4-7-16-11(15-2)10(8-12)14-6-5-13-9-14/h5-6,9H,3-4,7H2,1-2H3/b11-10+. The molecule has 0 unspecified atom stereocenters. The fraction of sp³-hybridized carbons (Fsp3) is 0.455. The molecular formula is C11H15N3S2.